The molecule has 3 aliphatic heterocycles. The fourth-order valence-electron chi connectivity index (χ4n) is 5.49. The highest BCUT2D eigenvalue weighted by molar-refractivity contribution is 9.10. The lowest BCUT2D eigenvalue weighted by molar-refractivity contribution is -0.171. The van der Waals surface area contributed by atoms with E-state index in [1.165, 1.54) is 11.2 Å². The lowest BCUT2D eigenvalue weighted by Gasteiger charge is -2.46. The summed E-state index contributed by atoms with van der Waals surface area (Å²) in [5, 5.41) is 0. The fraction of sp³-hybridized carbons (Fsp3) is 0.435. The van der Waals surface area contributed by atoms with Crippen LogP contribution >= 0.6 is 15.9 Å². The van der Waals surface area contributed by atoms with E-state index in [0.29, 0.717) is 11.5 Å². The van der Waals surface area contributed by atoms with Crippen LogP contribution in [-0.4, -0.2) is 52.9 Å². The fourth-order valence-corrected chi connectivity index (χ4v) is 5.87. The number of rotatable bonds is 4. The van der Waals surface area contributed by atoms with E-state index in [4.69, 9.17) is 13.9 Å². The van der Waals surface area contributed by atoms with Crippen molar-refractivity contribution in [1.82, 2.24) is 9.80 Å². The second kappa shape index (κ2) is 7.65. The Morgan fingerprint density at radius 1 is 1.31 bits per heavy atom. The highest BCUT2D eigenvalue weighted by Crippen LogP contribution is 2.57. The van der Waals surface area contributed by atoms with Gasteiger partial charge in [0.25, 0.3) is 0 Å². The molecule has 8 nitrogen and oxygen atoms in total. The Bertz CT molecular complexity index is 1090. The van der Waals surface area contributed by atoms with Crippen molar-refractivity contribution in [3.05, 3.63) is 52.4 Å². The molecule has 0 N–H and O–H groups in total. The van der Waals surface area contributed by atoms with Gasteiger partial charge in [-0.05, 0) is 44.2 Å². The molecule has 32 heavy (non-hydrogen) atoms. The van der Waals surface area contributed by atoms with Crippen LogP contribution in [0.4, 0.5) is 0 Å². The topological polar surface area (TPSA) is 89.3 Å². The maximum Gasteiger partial charge on any atom is 0.312 e. The van der Waals surface area contributed by atoms with Crippen LogP contribution in [0.1, 0.15) is 31.2 Å². The number of ether oxygens (including phenoxy) is 2. The zero-order chi connectivity index (χ0) is 22.6. The van der Waals surface area contributed by atoms with Gasteiger partial charge in [0, 0.05) is 16.0 Å². The van der Waals surface area contributed by atoms with Gasteiger partial charge >= 0.3 is 5.97 Å². The lowest BCUT2D eigenvalue weighted by atomic mass is 9.77. The molecule has 2 saturated heterocycles. The maximum absolute atomic E-state index is 13.9. The van der Waals surface area contributed by atoms with E-state index in [1.807, 2.05) is 18.2 Å². The Morgan fingerprint density at radius 3 is 2.84 bits per heavy atom. The van der Waals surface area contributed by atoms with Gasteiger partial charge in [0.15, 0.2) is 0 Å². The van der Waals surface area contributed by atoms with Crippen molar-refractivity contribution in [1.29, 1.82) is 0 Å². The Labute approximate surface area is 193 Å². The molecule has 0 aliphatic carbocycles. The van der Waals surface area contributed by atoms with E-state index >= 15 is 0 Å². The number of halogens is 1. The summed E-state index contributed by atoms with van der Waals surface area (Å²) < 4.78 is 17.6. The van der Waals surface area contributed by atoms with Gasteiger partial charge in [-0.1, -0.05) is 15.9 Å². The minimum absolute atomic E-state index is 0.0852. The number of hydrogen-bond donors (Lipinski definition) is 0. The van der Waals surface area contributed by atoms with Crippen molar-refractivity contribution < 1.29 is 28.3 Å². The molecule has 4 heterocycles. The Kier molecular flexibility index (Phi) is 5.03. The van der Waals surface area contributed by atoms with E-state index < -0.39 is 29.4 Å². The molecule has 1 aromatic carbocycles. The van der Waals surface area contributed by atoms with Crippen LogP contribution in [0.15, 0.2) is 45.5 Å². The summed E-state index contributed by atoms with van der Waals surface area (Å²) in [6, 6.07) is 8.63. The minimum Gasteiger partial charge on any atom is -0.493 e. The molecule has 2 amide bonds. The van der Waals surface area contributed by atoms with Crippen LogP contribution in [0.2, 0.25) is 0 Å². The quantitative estimate of drug-likeness (QED) is 0.597. The zero-order valence-corrected chi connectivity index (χ0v) is 19.3. The van der Waals surface area contributed by atoms with E-state index in [1.54, 1.807) is 30.9 Å². The molecule has 0 radical (unpaired) electrons. The molecule has 0 saturated carbocycles. The number of piperazine rings is 1. The Morgan fingerprint density at radius 2 is 2.12 bits per heavy atom. The van der Waals surface area contributed by atoms with Gasteiger partial charge in [0.05, 0.1) is 38.0 Å². The van der Waals surface area contributed by atoms with Crippen LogP contribution in [0.25, 0.3) is 0 Å². The summed E-state index contributed by atoms with van der Waals surface area (Å²) in [5.74, 6) is -1.03. The van der Waals surface area contributed by atoms with Crippen molar-refractivity contribution in [2.24, 2.45) is 11.8 Å². The molecule has 1 aromatic heterocycles. The maximum atomic E-state index is 13.9. The Balaban J connectivity index is 1.62. The van der Waals surface area contributed by atoms with Crippen molar-refractivity contribution in [3.8, 4) is 5.75 Å². The number of fused-ring (bicyclic) bond motifs is 5. The highest BCUT2D eigenvalue weighted by Gasteiger charge is 2.69. The molecule has 9 heteroatoms. The predicted octanol–water partition coefficient (Wildman–Crippen LogP) is 2.91. The SMILES string of the molecule is CCOC(=O)[C@H]1[C@H]2COc3ccc(Br)cc3[C@@H]2N2C(=O)CN(Cc3ccco3)C(=O)[C@@]12C. The second-order valence-electron chi connectivity index (χ2n) is 8.48. The number of benzene rings is 1. The van der Waals surface area contributed by atoms with Gasteiger partial charge in [0.2, 0.25) is 11.8 Å². The minimum atomic E-state index is -1.39. The molecule has 0 bridgehead atoms. The van der Waals surface area contributed by atoms with Crippen LogP contribution in [0, 0.1) is 11.8 Å². The van der Waals surface area contributed by atoms with Crippen LogP contribution in [0.5, 0.6) is 5.75 Å². The van der Waals surface area contributed by atoms with Crippen molar-refractivity contribution >= 4 is 33.7 Å². The van der Waals surface area contributed by atoms with Gasteiger partial charge in [-0.3, -0.25) is 14.4 Å². The van der Waals surface area contributed by atoms with Gasteiger partial charge in [-0.15, -0.1) is 0 Å². The van der Waals surface area contributed by atoms with Gasteiger partial charge < -0.3 is 23.7 Å². The summed E-state index contributed by atoms with van der Waals surface area (Å²) in [5.41, 5.74) is -0.606. The van der Waals surface area contributed by atoms with E-state index in [0.717, 1.165) is 10.0 Å². The van der Waals surface area contributed by atoms with Crippen LogP contribution in [0.3, 0.4) is 0 Å². The van der Waals surface area contributed by atoms with Crippen molar-refractivity contribution in [3.63, 3.8) is 0 Å². The van der Waals surface area contributed by atoms with E-state index in [-0.39, 0.29) is 38.1 Å². The molecule has 5 rings (SSSR count). The summed E-state index contributed by atoms with van der Waals surface area (Å²) >= 11 is 3.49. The average molecular weight is 503 g/mol. The normalized spacial score (nSPS) is 28.7. The standard InChI is InChI=1S/C23H23BrN2O6/c1-3-30-21(28)19-16-12-32-17-7-6-13(24)9-15(17)20(16)26-18(27)11-25(22(29)23(19,26)2)10-14-5-4-8-31-14/h4-9,16,19-20H,3,10-12H2,1-2H3/t16-,19-,20+,23-/m1/s1. The number of carbonyl (C=O) groups excluding carboxylic acids is 3. The number of amides is 2. The summed E-state index contributed by atoms with van der Waals surface area (Å²) in [6.45, 7) is 3.88. The summed E-state index contributed by atoms with van der Waals surface area (Å²) in [4.78, 5) is 43.7. The third-order valence-electron chi connectivity index (χ3n) is 6.72. The number of hydrogen-bond acceptors (Lipinski definition) is 6. The molecule has 4 atom stereocenters. The first kappa shape index (κ1) is 21.1. The number of carbonyl (C=O) groups is 3. The van der Waals surface area contributed by atoms with Gasteiger partial charge in [0.1, 0.15) is 23.6 Å². The number of furan rings is 1. The number of nitrogens with zero attached hydrogens (tertiary/aromatic N) is 2. The predicted molar refractivity (Wildman–Crippen MR) is 115 cm³/mol. The monoisotopic (exact) mass is 502 g/mol. The Hall–Kier alpha value is -2.81. The first-order valence-electron chi connectivity index (χ1n) is 10.6. The summed E-state index contributed by atoms with van der Waals surface area (Å²) in [7, 11) is 0. The van der Waals surface area contributed by atoms with Crippen LogP contribution in [-0.2, 0) is 25.7 Å². The zero-order valence-electron chi connectivity index (χ0n) is 17.7. The average Bonchev–Trinajstić information content (AvgIpc) is 3.36. The smallest absolute Gasteiger partial charge is 0.312 e. The largest absolute Gasteiger partial charge is 0.493 e. The molecular weight excluding hydrogens is 480 g/mol. The second-order valence-corrected chi connectivity index (χ2v) is 9.40. The highest BCUT2D eigenvalue weighted by atomic mass is 79.9. The van der Waals surface area contributed by atoms with Crippen molar-refractivity contribution in [2.75, 3.05) is 19.8 Å². The van der Waals surface area contributed by atoms with E-state index in [9.17, 15) is 14.4 Å². The molecule has 2 fully saturated rings. The molecule has 2 aromatic rings. The molecule has 0 spiro atoms. The first-order valence-corrected chi connectivity index (χ1v) is 11.4. The van der Waals surface area contributed by atoms with Crippen LogP contribution < -0.4 is 4.74 Å². The van der Waals surface area contributed by atoms with Crippen molar-refractivity contribution in [2.45, 2.75) is 32.0 Å². The molecule has 168 valence electrons. The third kappa shape index (κ3) is 2.97. The lowest BCUT2D eigenvalue weighted by Crippen LogP contribution is -2.67. The first-order chi connectivity index (χ1) is 15.4. The molecular formula is C23H23BrN2O6. The van der Waals surface area contributed by atoms with Gasteiger partial charge in [-0.2, -0.15) is 0 Å². The van der Waals surface area contributed by atoms with E-state index in [2.05, 4.69) is 15.9 Å². The molecule has 0 unspecified atom stereocenters. The molecule has 3 aliphatic rings. The third-order valence-corrected chi connectivity index (χ3v) is 7.22. The van der Waals surface area contributed by atoms with Gasteiger partial charge in [-0.25, -0.2) is 0 Å². The number of esters is 1. The summed E-state index contributed by atoms with van der Waals surface area (Å²) in [6.07, 6.45) is 1.53.